The molecule has 0 aromatic heterocycles. The van der Waals surface area contributed by atoms with Crippen molar-refractivity contribution >= 4 is 16.0 Å². The molecular formula is C38H65NO5S. The minimum Gasteiger partial charge on any atom is -0.387 e. The summed E-state index contributed by atoms with van der Waals surface area (Å²) in [6.07, 6.45) is 44.5. The largest absolute Gasteiger partial charge is 0.387 e. The average Bonchev–Trinajstić information content (AvgIpc) is 3.00. The number of carbonyl (C=O) groups is 1. The first-order valence-corrected chi connectivity index (χ1v) is 19.2. The zero-order valence-corrected chi connectivity index (χ0v) is 29.3. The molecule has 0 spiro atoms. The van der Waals surface area contributed by atoms with E-state index < -0.39 is 28.0 Å². The van der Waals surface area contributed by atoms with Gasteiger partial charge < -0.3 is 10.4 Å². The van der Waals surface area contributed by atoms with E-state index in [-0.39, 0.29) is 12.3 Å². The summed E-state index contributed by atoms with van der Waals surface area (Å²) in [4.78, 5) is 12.4. The van der Waals surface area contributed by atoms with Crippen molar-refractivity contribution in [2.75, 3.05) is 5.75 Å². The van der Waals surface area contributed by atoms with Gasteiger partial charge in [0.25, 0.3) is 10.1 Å². The first-order valence-electron chi connectivity index (χ1n) is 17.6. The SMILES string of the molecule is CC/C=C\C/C=C\C/C=C\C/C=C\C/C=C\CCCCCC(=O)NC(CS(=O)(=O)O)C(O)/C=C/CCCCCCCCCCC. The number of hydrogen-bond donors (Lipinski definition) is 3. The lowest BCUT2D eigenvalue weighted by Crippen LogP contribution is -2.46. The van der Waals surface area contributed by atoms with Gasteiger partial charge in [0.05, 0.1) is 17.9 Å². The van der Waals surface area contributed by atoms with Crippen LogP contribution in [0.15, 0.2) is 72.9 Å². The average molecular weight is 648 g/mol. The topological polar surface area (TPSA) is 104 Å². The van der Waals surface area contributed by atoms with Gasteiger partial charge in [-0.05, 0) is 64.2 Å². The Balaban J connectivity index is 4.10. The van der Waals surface area contributed by atoms with Crippen LogP contribution < -0.4 is 5.32 Å². The van der Waals surface area contributed by atoms with Crippen molar-refractivity contribution in [1.82, 2.24) is 5.32 Å². The highest BCUT2D eigenvalue weighted by atomic mass is 32.2. The Morgan fingerprint density at radius 3 is 1.58 bits per heavy atom. The molecule has 7 heteroatoms. The molecule has 0 saturated carbocycles. The Morgan fingerprint density at radius 2 is 1.07 bits per heavy atom. The van der Waals surface area contributed by atoms with Crippen molar-refractivity contribution in [1.29, 1.82) is 0 Å². The molecule has 3 N–H and O–H groups in total. The number of amides is 1. The van der Waals surface area contributed by atoms with Crippen LogP contribution in [0.5, 0.6) is 0 Å². The molecule has 0 heterocycles. The molecule has 0 bridgehead atoms. The van der Waals surface area contributed by atoms with E-state index in [1.54, 1.807) is 0 Å². The Kier molecular flexibility index (Phi) is 30.2. The molecule has 258 valence electrons. The fourth-order valence-corrected chi connectivity index (χ4v) is 5.50. The number of aliphatic hydroxyl groups is 1. The monoisotopic (exact) mass is 647 g/mol. The smallest absolute Gasteiger partial charge is 0.267 e. The highest BCUT2D eigenvalue weighted by Crippen LogP contribution is 2.11. The van der Waals surface area contributed by atoms with E-state index in [9.17, 15) is 22.9 Å². The van der Waals surface area contributed by atoms with Crippen LogP contribution in [-0.2, 0) is 14.9 Å². The summed E-state index contributed by atoms with van der Waals surface area (Å²) in [5.74, 6) is -1.03. The van der Waals surface area contributed by atoms with Crippen LogP contribution in [0.4, 0.5) is 0 Å². The van der Waals surface area contributed by atoms with Gasteiger partial charge in [0.15, 0.2) is 0 Å². The minimum atomic E-state index is -4.35. The minimum absolute atomic E-state index is 0.253. The van der Waals surface area contributed by atoms with E-state index in [2.05, 4.69) is 79.9 Å². The van der Waals surface area contributed by atoms with Crippen molar-refractivity contribution in [3.63, 3.8) is 0 Å². The molecule has 0 aromatic rings. The number of aliphatic hydroxyl groups excluding tert-OH is 1. The van der Waals surface area contributed by atoms with Crippen molar-refractivity contribution in [3.8, 4) is 0 Å². The second-order valence-electron chi connectivity index (χ2n) is 11.8. The van der Waals surface area contributed by atoms with Gasteiger partial charge in [-0.1, -0.05) is 145 Å². The molecular weight excluding hydrogens is 582 g/mol. The quantitative estimate of drug-likeness (QED) is 0.0409. The predicted octanol–water partition coefficient (Wildman–Crippen LogP) is 9.90. The van der Waals surface area contributed by atoms with Gasteiger partial charge in [-0.25, -0.2) is 0 Å². The summed E-state index contributed by atoms with van der Waals surface area (Å²) < 4.78 is 32.3. The summed E-state index contributed by atoms with van der Waals surface area (Å²) in [6, 6.07) is -1.08. The van der Waals surface area contributed by atoms with E-state index in [1.165, 1.54) is 51.0 Å². The van der Waals surface area contributed by atoms with E-state index in [4.69, 9.17) is 0 Å². The normalized spacial score (nSPS) is 14.3. The molecule has 2 atom stereocenters. The summed E-state index contributed by atoms with van der Waals surface area (Å²) in [6.45, 7) is 4.36. The van der Waals surface area contributed by atoms with Crippen LogP contribution in [0.1, 0.15) is 142 Å². The van der Waals surface area contributed by atoms with Crippen LogP contribution in [-0.4, -0.2) is 41.9 Å². The molecule has 6 nitrogen and oxygen atoms in total. The molecule has 0 aliphatic carbocycles. The third-order valence-electron chi connectivity index (χ3n) is 7.39. The van der Waals surface area contributed by atoms with E-state index in [1.807, 2.05) is 6.08 Å². The number of unbranched alkanes of at least 4 members (excludes halogenated alkanes) is 12. The summed E-state index contributed by atoms with van der Waals surface area (Å²) in [5, 5.41) is 13.1. The molecule has 0 radical (unpaired) electrons. The maximum Gasteiger partial charge on any atom is 0.267 e. The van der Waals surface area contributed by atoms with E-state index in [0.717, 1.165) is 70.6 Å². The number of nitrogens with one attached hydrogen (secondary N) is 1. The van der Waals surface area contributed by atoms with Crippen LogP contribution in [0.25, 0.3) is 0 Å². The second-order valence-corrected chi connectivity index (χ2v) is 13.3. The van der Waals surface area contributed by atoms with Crippen molar-refractivity contribution < 1.29 is 22.9 Å². The number of hydrogen-bond acceptors (Lipinski definition) is 4. The molecule has 0 saturated heterocycles. The fourth-order valence-electron chi connectivity index (χ4n) is 4.77. The first kappa shape index (κ1) is 42.8. The summed E-state index contributed by atoms with van der Waals surface area (Å²) >= 11 is 0. The van der Waals surface area contributed by atoms with Crippen molar-refractivity contribution in [2.45, 2.75) is 154 Å². The highest BCUT2D eigenvalue weighted by Gasteiger charge is 2.24. The van der Waals surface area contributed by atoms with Gasteiger partial charge in [0, 0.05) is 6.42 Å². The molecule has 0 aliphatic heterocycles. The summed E-state index contributed by atoms with van der Waals surface area (Å²) in [5.41, 5.74) is 0. The molecule has 1 amide bonds. The number of rotatable bonds is 30. The predicted molar refractivity (Wildman–Crippen MR) is 193 cm³/mol. The lowest BCUT2D eigenvalue weighted by Gasteiger charge is -2.21. The second kappa shape index (κ2) is 31.7. The Bertz CT molecular complexity index is 978. The maximum absolute atomic E-state index is 12.4. The third-order valence-corrected chi connectivity index (χ3v) is 8.17. The van der Waals surface area contributed by atoms with Crippen LogP contribution in [0, 0.1) is 0 Å². The van der Waals surface area contributed by atoms with Gasteiger partial charge >= 0.3 is 0 Å². The Hall–Kier alpha value is -2.22. The van der Waals surface area contributed by atoms with Crippen LogP contribution in [0.3, 0.4) is 0 Å². The zero-order chi connectivity index (χ0) is 33.3. The van der Waals surface area contributed by atoms with Crippen LogP contribution in [0.2, 0.25) is 0 Å². The number of carbonyl (C=O) groups excluding carboxylic acids is 1. The molecule has 2 unspecified atom stereocenters. The highest BCUT2D eigenvalue weighted by molar-refractivity contribution is 7.85. The van der Waals surface area contributed by atoms with Gasteiger partial charge in [0.1, 0.15) is 0 Å². The standard InChI is InChI=1S/C38H65NO5S/c1-3-5-7-9-11-13-15-16-17-18-19-20-21-22-24-26-28-30-32-34-38(41)39-36(35-45(42,43)44)37(40)33-31-29-27-25-23-14-12-10-8-6-4-2/h5,7,11,13,16-17,19-20,22,24,31,33,36-37,40H,3-4,6,8-10,12,14-15,18,21,23,25-30,32,34-35H2,1-2H3,(H,39,41)(H,42,43,44)/b7-5-,13-11-,17-16-,20-19-,24-22-,33-31+. The molecule has 0 aliphatic rings. The van der Waals surface area contributed by atoms with E-state index in [0.29, 0.717) is 6.42 Å². The van der Waals surface area contributed by atoms with Crippen LogP contribution >= 0.6 is 0 Å². The van der Waals surface area contributed by atoms with Gasteiger partial charge in [-0.2, -0.15) is 8.42 Å². The lowest BCUT2D eigenvalue weighted by molar-refractivity contribution is -0.122. The molecule has 0 aromatic carbocycles. The van der Waals surface area contributed by atoms with Crippen molar-refractivity contribution in [3.05, 3.63) is 72.9 Å². The fraction of sp³-hybridized carbons (Fsp3) is 0.658. The zero-order valence-electron chi connectivity index (χ0n) is 28.5. The van der Waals surface area contributed by atoms with Gasteiger partial charge in [-0.3, -0.25) is 9.35 Å². The summed E-state index contributed by atoms with van der Waals surface area (Å²) in [7, 11) is -4.35. The molecule has 0 fully saturated rings. The molecule has 0 rings (SSSR count). The van der Waals surface area contributed by atoms with Gasteiger partial charge in [-0.15, -0.1) is 0 Å². The van der Waals surface area contributed by atoms with E-state index >= 15 is 0 Å². The Morgan fingerprint density at radius 1 is 0.622 bits per heavy atom. The molecule has 45 heavy (non-hydrogen) atoms. The maximum atomic E-state index is 12.4. The first-order chi connectivity index (χ1) is 21.8. The lowest BCUT2D eigenvalue weighted by atomic mass is 10.1. The van der Waals surface area contributed by atoms with Crippen molar-refractivity contribution in [2.24, 2.45) is 0 Å². The Labute approximate surface area is 276 Å². The third kappa shape index (κ3) is 33.0. The van der Waals surface area contributed by atoms with Gasteiger partial charge in [0.2, 0.25) is 5.91 Å². The number of allylic oxidation sites excluding steroid dienone is 11.